The van der Waals surface area contributed by atoms with Crippen molar-refractivity contribution in [2.24, 2.45) is 17.3 Å². The molecule has 1 saturated carbocycles. The van der Waals surface area contributed by atoms with Gasteiger partial charge in [-0.25, -0.2) is 0 Å². The monoisotopic (exact) mass is 225 g/mol. The first kappa shape index (κ1) is 12.4. The zero-order chi connectivity index (χ0) is 11.8. The number of nitrogens with zero attached hydrogens (tertiary/aromatic N) is 1. The highest BCUT2D eigenvalue weighted by Gasteiger charge is 2.52. The fourth-order valence-corrected chi connectivity index (χ4v) is 3.26. The van der Waals surface area contributed by atoms with Crippen LogP contribution in [0.15, 0.2) is 0 Å². The van der Waals surface area contributed by atoms with Gasteiger partial charge in [-0.2, -0.15) is 0 Å². The Hall–Kier alpha value is -0.0800. The van der Waals surface area contributed by atoms with Gasteiger partial charge in [0.15, 0.2) is 0 Å². The molecule has 0 aromatic heterocycles. The standard InChI is InChI=1S/C14H27NO/c1-11(2)13-7-14(8-13)9-15(10-14)5-6-16-12(3)4/h11-13H,5-10H2,1-4H3. The van der Waals surface area contributed by atoms with Gasteiger partial charge in [-0.15, -0.1) is 0 Å². The Kier molecular flexibility index (Phi) is 3.60. The predicted octanol–water partition coefficient (Wildman–Crippen LogP) is 2.78. The molecule has 16 heavy (non-hydrogen) atoms. The summed E-state index contributed by atoms with van der Waals surface area (Å²) < 4.78 is 5.59. The molecule has 1 spiro atoms. The summed E-state index contributed by atoms with van der Waals surface area (Å²) in [6, 6.07) is 0. The Balaban J connectivity index is 1.57. The van der Waals surface area contributed by atoms with E-state index in [9.17, 15) is 0 Å². The zero-order valence-electron chi connectivity index (χ0n) is 11.3. The highest BCUT2D eigenvalue weighted by Crippen LogP contribution is 2.54. The third-order valence-electron chi connectivity index (χ3n) is 4.31. The molecule has 2 nitrogen and oxygen atoms in total. The molecule has 2 fully saturated rings. The van der Waals surface area contributed by atoms with Crippen molar-refractivity contribution < 1.29 is 4.74 Å². The Morgan fingerprint density at radius 3 is 2.31 bits per heavy atom. The van der Waals surface area contributed by atoms with Crippen LogP contribution in [-0.2, 0) is 4.74 Å². The maximum atomic E-state index is 5.59. The van der Waals surface area contributed by atoms with E-state index >= 15 is 0 Å². The summed E-state index contributed by atoms with van der Waals surface area (Å²) in [6.45, 7) is 13.6. The summed E-state index contributed by atoms with van der Waals surface area (Å²) in [6.07, 6.45) is 3.34. The van der Waals surface area contributed by atoms with Crippen LogP contribution in [0, 0.1) is 17.3 Å². The molecule has 0 aromatic carbocycles. The number of likely N-dealkylation sites (tertiary alicyclic amines) is 1. The van der Waals surface area contributed by atoms with Gasteiger partial charge in [-0.3, -0.25) is 4.90 Å². The Labute approximate surface area is 100 Å². The summed E-state index contributed by atoms with van der Waals surface area (Å²) in [5.74, 6) is 1.90. The molecule has 1 aliphatic carbocycles. The molecule has 0 radical (unpaired) electrons. The summed E-state index contributed by atoms with van der Waals surface area (Å²) in [5.41, 5.74) is 0.729. The first-order chi connectivity index (χ1) is 7.51. The first-order valence-electron chi connectivity index (χ1n) is 6.85. The largest absolute Gasteiger partial charge is 0.377 e. The average molecular weight is 225 g/mol. The van der Waals surface area contributed by atoms with Crippen molar-refractivity contribution in [1.29, 1.82) is 0 Å². The van der Waals surface area contributed by atoms with Crippen molar-refractivity contribution in [1.82, 2.24) is 4.90 Å². The van der Waals surface area contributed by atoms with Crippen LogP contribution in [-0.4, -0.2) is 37.2 Å². The topological polar surface area (TPSA) is 12.5 Å². The third-order valence-corrected chi connectivity index (χ3v) is 4.31. The van der Waals surface area contributed by atoms with Gasteiger partial charge in [0.2, 0.25) is 0 Å². The van der Waals surface area contributed by atoms with Crippen LogP contribution in [0.2, 0.25) is 0 Å². The maximum Gasteiger partial charge on any atom is 0.0596 e. The molecule has 0 amide bonds. The number of hydrogen-bond acceptors (Lipinski definition) is 2. The van der Waals surface area contributed by atoms with E-state index in [1.165, 1.54) is 25.9 Å². The van der Waals surface area contributed by atoms with E-state index in [0.29, 0.717) is 6.10 Å². The molecular weight excluding hydrogens is 198 g/mol. The second-order valence-electron chi connectivity index (χ2n) is 6.54. The van der Waals surface area contributed by atoms with E-state index in [4.69, 9.17) is 4.74 Å². The fourth-order valence-electron chi connectivity index (χ4n) is 3.26. The number of ether oxygens (including phenoxy) is 1. The second kappa shape index (κ2) is 4.66. The zero-order valence-corrected chi connectivity index (χ0v) is 11.3. The van der Waals surface area contributed by atoms with Gasteiger partial charge < -0.3 is 4.74 Å². The van der Waals surface area contributed by atoms with Crippen LogP contribution < -0.4 is 0 Å². The van der Waals surface area contributed by atoms with E-state index in [2.05, 4.69) is 32.6 Å². The number of rotatable bonds is 5. The van der Waals surface area contributed by atoms with Crippen molar-refractivity contribution in [2.75, 3.05) is 26.2 Å². The van der Waals surface area contributed by atoms with Crippen molar-refractivity contribution in [3.05, 3.63) is 0 Å². The molecule has 2 heteroatoms. The maximum absolute atomic E-state index is 5.59. The molecule has 0 bridgehead atoms. The fraction of sp³-hybridized carbons (Fsp3) is 1.00. The molecule has 2 rings (SSSR count). The lowest BCUT2D eigenvalue weighted by molar-refractivity contribution is -0.113. The van der Waals surface area contributed by atoms with Crippen LogP contribution in [0.3, 0.4) is 0 Å². The van der Waals surface area contributed by atoms with Crippen LogP contribution in [0.25, 0.3) is 0 Å². The summed E-state index contributed by atoms with van der Waals surface area (Å²) in [5, 5.41) is 0. The quantitative estimate of drug-likeness (QED) is 0.713. The Bertz CT molecular complexity index is 223. The SMILES string of the molecule is CC(C)OCCN1CC2(CC(C(C)C)C2)C1. The van der Waals surface area contributed by atoms with Crippen molar-refractivity contribution in [3.63, 3.8) is 0 Å². The van der Waals surface area contributed by atoms with Crippen molar-refractivity contribution >= 4 is 0 Å². The Morgan fingerprint density at radius 2 is 1.81 bits per heavy atom. The lowest BCUT2D eigenvalue weighted by atomic mass is 9.55. The van der Waals surface area contributed by atoms with Crippen molar-refractivity contribution in [2.45, 2.75) is 46.6 Å². The number of hydrogen-bond donors (Lipinski definition) is 0. The van der Waals surface area contributed by atoms with E-state index in [1.807, 2.05) is 0 Å². The minimum absolute atomic E-state index is 0.379. The third kappa shape index (κ3) is 2.60. The summed E-state index contributed by atoms with van der Waals surface area (Å²) in [4.78, 5) is 2.55. The van der Waals surface area contributed by atoms with E-state index in [1.54, 1.807) is 0 Å². The van der Waals surface area contributed by atoms with Crippen LogP contribution in [0.1, 0.15) is 40.5 Å². The lowest BCUT2D eigenvalue weighted by Gasteiger charge is -2.60. The molecule has 2 aliphatic rings. The van der Waals surface area contributed by atoms with Gasteiger partial charge >= 0.3 is 0 Å². The predicted molar refractivity (Wildman–Crippen MR) is 67.5 cm³/mol. The molecule has 0 N–H and O–H groups in total. The van der Waals surface area contributed by atoms with Crippen LogP contribution >= 0.6 is 0 Å². The minimum Gasteiger partial charge on any atom is -0.377 e. The van der Waals surface area contributed by atoms with E-state index in [-0.39, 0.29) is 0 Å². The van der Waals surface area contributed by atoms with Gasteiger partial charge in [-0.1, -0.05) is 13.8 Å². The van der Waals surface area contributed by atoms with E-state index in [0.717, 1.165) is 30.4 Å². The molecule has 1 saturated heterocycles. The lowest BCUT2D eigenvalue weighted by Crippen LogP contribution is -2.63. The van der Waals surface area contributed by atoms with Crippen LogP contribution in [0.5, 0.6) is 0 Å². The van der Waals surface area contributed by atoms with Crippen LogP contribution in [0.4, 0.5) is 0 Å². The van der Waals surface area contributed by atoms with Crippen molar-refractivity contribution in [3.8, 4) is 0 Å². The highest BCUT2D eigenvalue weighted by molar-refractivity contribution is 5.04. The smallest absolute Gasteiger partial charge is 0.0596 e. The molecule has 0 unspecified atom stereocenters. The Morgan fingerprint density at radius 1 is 1.19 bits per heavy atom. The van der Waals surface area contributed by atoms with Gasteiger partial charge in [0.25, 0.3) is 0 Å². The average Bonchev–Trinajstić information content (AvgIpc) is 2.03. The highest BCUT2D eigenvalue weighted by atomic mass is 16.5. The summed E-state index contributed by atoms with van der Waals surface area (Å²) >= 11 is 0. The van der Waals surface area contributed by atoms with Gasteiger partial charge in [0.05, 0.1) is 12.7 Å². The van der Waals surface area contributed by atoms with E-state index < -0.39 is 0 Å². The molecule has 94 valence electrons. The van der Waals surface area contributed by atoms with Gasteiger partial charge in [0.1, 0.15) is 0 Å². The second-order valence-corrected chi connectivity index (χ2v) is 6.54. The minimum atomic E-state index is 0.379. The molecule has 0 atom stereocenters. The molecule has 1 aliphatic heterocycles. The summed E-state index contributed by atoms with van der Waals surface area (Å²) in [7, 11) is 0. The van der Waals surface area contributed by atoms with Gasteiger partial charge in [-0.05, 0) is 43.9 Å². The molecule has 0 aromatic rings. The first-order valence-corrected chi connectivity index (χ1v) is 6.85. The normalized spacial score (nSPS) is 25.1. The molecule has 1 heterocycles. The molecular formula is C14H27NO. The van der Waals surface area contributed by atoms with Gasteiger partial charge in [0, 0.05) is 19.6 Å².